The molecule has 0 atom stereocenters. The number of rotatable bonds is 6. The maximum Gasteiger partial charge on any atom is 0.264 e. The van der Waals surface area contributed by atoms with Crippen molar-refractivity contribution in [2.24, 2.45) is 4.99 Å². The van der Waals surface area contributed by atoms with Gasteiger partial charge in [0.2, 0.25) is 0 Å². The van der Waals surface area contributed by atoms with E-state index in [4.69, 9.17) is 9.47 Å². The Labute approximate surface area is 222 Å². The van der Waals surface area contributed by atoms with E-state index in [1.54, 1.807) is 7.11 Å². The number of hydrogen-bond acceptors (Lipinski definition) is 5. The first-order valence-electron chi connectivity index (χ1n) is 11.3. The number of nitrogens with zero attached hydrogens (tertiary/aromatic N) is 1. The molecule has 0 unspecified atom stereocenters. The van der Waals surface area contributed by atoms with Gasteiger partial charge in [0.05, 0.1) is 22.2 Å². The van der Waals surface area contributed by atoms with Crippen LogP contribution in [0.3, 0.4) is 0 Å². The second kappa shape index (κ2) is 10.6. The van der Waals surface area contributed by atoms with E-state index in [9.17, 15) is 4.79 Å². The maximum atomic E-state index is 12.5. The molecule has 1 heterocycles. The Hall–Kier alpha value is -3.55. The highest BCUT2D eigenvalue weighted by molar-refractivity contribution is 9.10. The van der Waals surface area contributed by atoms with Gasteiger partial charge >= 0.3 is 0 Å². The SMILES string of the molecule is COc1cc(/C=C2/SC(=Nc3ccc(C)cc3)NC2=O)cc(Br)c1OCc1ccc2ccccc2c1. The lowest BCUT2D eigenvalue weighted by atomic mass is 10.1. The molecule has 36 heavy (non-hydrogen) atoms. The first-order chi connectivity index (χ1) is 17.5. The number of thioether (sulfide) groups is 1. The smallest absolute Gasteiger partial charge is 0.264 e. The number of nitrogens with one attached hydrogen (secondary N) is 1. The molecule has 1 N–H and O–H groups in total. The topological polar surface area (TPSA) is 59.9 Å². The van der Waals surface area contributed by atoms with Crippen LogP contribution >= 0.6 is 27.7 Å². The zero-order valence-corrected chi connectivity index (χ0v) is 22.2. The molecule has 1 aliphatic heterocycles. The van der Waals surface area contributed by atoms with E-state index < -0.39 is 0 Å². The number of methoxy groups -OCH3 is 1. The van der Waals surface area contributed by atoms with Crippen LogP contribution in [-0.2, 0) is 11.4 Å². The van der Waals surface area contributed by atoms with Crippen LogP contribution in [0.2, 0.25) is 0 Å². The van der Waals surface area contributed by atoms with E-state index in [1.165, 1.54) is 22.5 Å². The van der Waals surface area contributed by atoms with Crippen LogP contribution in [0, 0.1) is 6.92 Å². The molecule has 4 aromatic carbocycles. The minimum Gasteiger partial charge on any atom is -0.493 e. The normalized spacial score (nSPS) is 15.5. The molecule has 1 fully saturated rings. The Morgan fingerprint density at radius 2 is 1.78 bits per heavy atom. The number of benzene rings is 4. The van der Waals surface area contributed by atoms with Crippen molar-refractivity contribution in [1.82, 2.24) is 5.32 Å². The summed E-state index contributed by atoms with van der Waals surface area (Å²) in [6.07, 6.45) is 1.82. The van der Waals surface area contributed by atoms with Gasteiger partial charge in [0.15, 0.2) is 16.7 Å². The number of aliphatic imine (C=N–C) groups is 1. The molecule has 5 nitrogen and oxygen atoms in total. The fourth-order valence-electron chi connectivity index (χ4n) is 3.82. The van der Waals surface area contributed by atoms with E-state index >= 15 is 0 Å². The van der Waals surface area contributed by atoms with E-state index in [0.717, 1.165) is 26.9 Å². The van der Waals surface area contributed by atoms with Crippen molar-refractivity contribution < 1.29 is 14.3 Å². The van der Waals surface area contributed by atoms with Crippen LogP contribution in [0.1, 0.15) is 16.7 Å². The summed E-state index contributed by atoms with van der Waals surface area (Å²) in [5, 5.41) is 5.75. The molecular formula is C29H23BrN2O3S. The number of aryl methyl sites for hydroxylation is 1. The van der Waals surface area contributed by atoms with Crippen LogP contribution in [0.5, 0.6) is 11.5 Å². The van der Waals surface area contributed by atoms with Crippen molar-refractivity contribution in [1.29, 1.82) is 0 Å². The summed E-state index contributed by atoms with van der Waals surface area (Å²) in [7, 11) is 1.60. The molecular weight excluding hydrogens is 536 g/mol. The molecule has 4 aromatic rings. The number of ether oxygens (including phenoxy) is 2. The van der Waals surface area contributed by atoms with Gasteiger partial charge in [0.25, 0.3) is 5.91 Å². The third-order valence-electron chi connectivity index (χ3n) is 5.66. The van der Waals surface area contributed by atoms with Crippen molar-refractivity contribution in [2.75, 3.05) is 7.11 Å². The average molecular weight is 559 g/mol. The van der Waals surface area contributed by atoms with Crippen LogP contribution < -0.4 is 14.8 Å². The standard InChI is InChI=1S/C29H23BrN2O3S/c1-18-7-11-23(12-8-18)31-29-32-28(33)26(36-29)16-20-14-24(30)27(25(15-20)34-2)35-17-19-9-10-21-5-3-4-6-22(21)13-19/h3-16H,17H2,1-2H3,(H,31,32,33)/b26-16+. The zero-order chi connectivity index (χ0) is 25.1. The Morgan fingerprint density at radius 1 is 1.00 bits per heavy atom. The minimum absolute atomic E-state index is 0.183. The number of fused-ring (bicyclic) bond motifs is 1. The third kappa shape index (κ3) is 5.48. The zero-order valence-electron chi connectivity index (χ0n) is 19.7. The van der Waals surface area contributed by atoms with Gasteiger partial charge in [-0.3, -0.25) is 4.79 Å². The van der Waals surface area contributed by atoms with E-state index in [0.29, 0.717) is 28.2 Å². The second-order valence-corrected chi connectivity index (χ2v) is 10.2. The van der Waals surface area contributed by atoms with E-state index in [1.807, 2.05) is 61.5 Å². The highest BCUT2D eigenvalue weighted by Gasteiger charge is 2.24. The highest BCUT2D eigenvalue weighted by Crippen LogP contribution is 2.39. The maximum absolute atomic E-state index is 12.5. The van der Waals surface area contributed by atoms with Gasteiger partial charge in [0.1, 0.15) is 6.61 Å². The van der Waals surface area contributed by atoms with Crippen molar-refractivity contribution in [3.05, 3.63) is 105 Å². The largest absolute Gasteiger partial charge is 0.493 e. The lowest BCUT2D eigenvalue weighted by Crippen LogP contribution is -2.19. The van der Waals surface area contributed by atoms with E-state index in [2.05, 4.69) is 56.6 Å². The van der Waals surface area contributed by atoms with Gasteiger partial charge in [0, 0.05) is 0 Å². The first kappa shape index (κ1) is 24.2. The minimum atomic E-state index is -0.183. The fraction of sp³-hybridized carbons (Fsp3) is 0.103. The Kier molecular flexibility index (Phi) is 7.11. The number of hydrogen-bond donors (Lipinski definition) is 1. The van der Waals surface area contributed by atoms with Crippen LogP contribution in [-0.4, -0.2) is 18.2 Å². The molecule has 0 aliphatic carbocycles. The van der Waals surface area contributed by atoms with Gasteiger partial charge < -0.3 is 14.8 Å². The summed E-state index contributed by atoms with van der Waals surface area (Å²) in [5.74, 6) is 1.00. The molecule has 1 saturated heterocycles. The summed E-state index contributed by atoms with van der Waals surface area (Å²) in [4.78, 5) is 17.6. The molecule has 0 radical (unpaired) electrons. The number of amidine groups is 1. The number of halogens is 1. The van der Waals surface area contributed by atoms with Gasteiger partial charge in [-0.25, -0.2) is 4.99 Å². The highest BCUT2D eigenvalue weighted by atomic mass is 79.9. The number of carbonyl (C=O) groups is 1. The lowest BCUT2D eigenvalue weighted by molar-refractivity contribution is -0.115. The van der Waals surface area contributed by atoms with Crippen molar-refractivity contribution in [3.63, 3.8) is 0 Å². The number of carbonyl (C=O) groups excluding carboxylic acids is 1. The Morgan fingerprint density at radius 3 is 2.56 bits per heavy atom. The summed E-state index contributed by atoms with van der Waals surface area (Å²) < 4.78 is 12.5. The van der Waals surface area contributed by atoms with Crippen molar-refractivity contribution in [3.8, 4) is 11.5 Å². The number of amides is 1. The summed E-state index contributed by atoms with van der Waals surface area (Å²) in [5.41, 5.74) is 3.83. The third-order valence-corrected chi connectivity index (χ3v) is 7.16. The lowest BCUT2D eigenvalue weighted by Gasteiger charge is -2.14. The predicted molar refractivity (Wildman–Crippen MR) is 151 cm³/mol. The molecule has 0 spiro atoms. The molecule has 5 rings (SSSR count). The van der Waals surface area contributed by atoms with Gasteiger partial charge in [-0.1, -0.05) is 54.1 Å². The molecule has 0 aromatic heterocycles. The predicted octanol–water partition coefficient (Wildman–Crippen LogP) is 7.39. The fourth-order valence-corrected chi connectivity index (χ4v) is 5.23. The average Bonchev–Trinajstić information content (AvgIpc) is 3.22. The molecule has 7 heteroatoms. The quantitative estimate of drug-likeness (QED) is 0.250. The monoisotopic (exact) mass is 558 g/mol. The van der Waals surface area contributed by atoms with Gasteiger partial charge in [-0.15, -0.1) is 0 Å². The van der Waals surface area contributed by atoms with Crippen LogP contribution in [0.25, 0.3) is 16.8 Å². The molecule has 1 amide bonds. The van der Waals surface area contributed by atoms with E-state index in [-0.39, 0.29) is 5.91 Å². The summed E-state index contributed by atoms with van der Waals surface area (Å²) >= 11 is 4.92. The van der Waals surface area contributed by atoms with Crippen LogP contribution in [0.4, 0.5) is 5.69 Å². The molecule has 0 saturated carbocycles. The Bertz CT molecular complexity index is 1510. The second-order valence-electron chi connectivity index (χ2n) is 8.32. The first-order valence-corrected chi connectivity index (χ1v) is 12.9. The molecule has 0 bridgehead atoms. The van der Waals surface area contributed by atoms with Gasteiger partial charge in [-0.2, -0.15) is 0 Å². The van der Waals surface area contributed by atoms with Crippen LogP contribution in [0.15, 0.2) is 93.2 Å². The Balaban J connectivity index is 1.34. The molecule has 1 aliphatic rings. The molecule has 180 valence electrons. The van der Waals surface area contributed by atoms with Crippen molar-refractivity contribution in [2.45, 2.75) is 13.5 Å². The van der Waals surface area contributed by atoms with Gasteiger partial charge in [-0.05, 0) is 92.9 Å². The summed E-state index contributed by atoms with van der Waals surface area (Å²) in [6, 6.07) is 26.1. The summed E-state index contributed by atoms with van der Waals surface area (Å²) in [6.45, 7) is 2.42. The van der Waals surface area contributed by atoms with Crippen molar-refractivity contribution >= 4 is 61.3 Å².